The number of hydrogen-bond acceptors (Lipinski definition) is 6. The van der Waals surface area contributed by atoms with Crippen LogP contribution in [0.1, 0.15) is 31.7 Å². The normalized spacial score (nSPS) is 18.7. The zero-order valence-corrected chi connectivity index (χ0v) is 20.9. The topological polar surface area (TPSA) is 85.9 Å². The summed E-state index contributed by atoms with van der Waals surface area (Å²) in [7, 11) is -3.66. The smallest absolute Gasteiger partial charge is 0.370 e. The minimum atomic E-state index is -4.44. The fourth-order valence-electron chi connectivity index (χ4n) is 4.57. The molecule has 196 valence electrons. The third kappa shape index (κ3) is 6.09. The molecule has 2 aromatic rings. The van der Waals surface area contributed by atoms with E-state index in [1.54, 1.807) is 31.2 Å². The van der Waals surface area contributed by atoms with Crippen LogP contribution in [-0.2, 0) is 21.0 Å². The summed E-state index contributed by atoms with van der Waals surface area (Å²) in [6.07, 6.45) is -1.77. The Morgan fingerprint density at radius 3 is 2.25 bits per heavy atom. The predicted molar refractivity (Wildman–Crippen MR) is 130 cm³/mol. The number of anilines is 2. The molecule has 8 nitrogen and oxygen atoms in total. The molecule has 2 fully saturated rings. The predicted octanol–water partition coefficient (Wildman–Crippen LogP) is 3.42. The maximum Gasteiger partial charge on any atom is 0.417 e. The highest BCUT2D eigenvalue weighted by molar-refractivity contribution is 7.89. The molecule has 2 saturated heterocycles. The SMILES string of the molecule is CC(=O)N1CCCN(c2ccc(S(=O)(=O)N3CCC(Nc4ccc(C(F)(F)F)cn4)CC3)cc2)CC1. The van der Waals surface area contributed by atoms with E-state index in [9.17, 15) is 26.4 Å². The van der Waals surface area contributed by atoms with Crippen LogP contribution in [0.3, 0.4) is 0 Å². The van der Waals surface area contributed by atoms with Crippen LogP contribution in [0.5, 0.6) is 0 Å². The monoisotopic (exact) mass is 525 g/mol. The standard InChI is InChI=1S/C24H30F3N5O3S/c1-18(33)30-11-2-12-31(16-15-30)21-4-6-22(7-5-21)36(34,35)32-13-9-20(10-14-32)29-23-8-3-19(17-28-23)24(25,26)27/h3-8,17,20H,2,9-16H2,1H3,(H,28,29). The van der Waals surface area contributed by atoms with E-state index in [0.717, 1.165) is 37.5 Å². The Labute approximate surface area is 209 Å². The van der Waals surface area contributed by atoms with Gasteiger partial charge in [0.05, 0.1) is 10.5 Å². The van der Waals surface area contributed by atoms with E-state index in [4.69, 9.17) is 0 Å². The van der Waals surface area contributed by atoms with Crippen LogP contribution < -0.4 is 10.2 Å². The number of carbonyl (C=O) groups is 1. The van der Waals surface area contributed by atoms with Gasteiger partial charge in [-0.25, -0.2) is 13.4 Å². The second kappa shape index (κ2) is 10.6. The van der Waals surface area contributed by atoms with Crippen molar-refractivity contribution < 1.29 is 26.4 Å². The average Bonchev–Trinajstić information content (AvgIpc) is 3.11. The number of aromatic nitrogens is 1. The van der Waals surface area contributed by atoms with Gasteiger partial charge in [-0.15, -0.1) is 0 Å². The molecule has 2 aliphatic rings. The third-order valence-electron chi connectivity index (χ3n) is 6.68. The van der Waals surface area contributed by atoms with Gasteiger partial charge in [0.2, 0.25) is 15.9 Å². The lowest BCUT2D eigenvalue weighted by atomic mass is 10.1. The van der Waals surface area contributed by atoms with E-state index in [-0.39, 0.29) is 16.8 Å². The van der Waals surface area contributed by atoms with Gasteiger partial charge in [0, 0.05) is 64.1 Å². The molecule has 0 aliphatic carbocycles. The lowest BCUT2D eigenvalue weighted by Crippen LogP contribution is -2.42. The quantitative estimate of drug-likeness (QED) is 0.644. The highest BCUT2D eigenvalue weighted by atomic mass is 32.2. The average molecular weight is 526 g/mol. The number of halogens is 3. The van der Waals surface area contributed by atoms with Gasteiger partial charge in [-0.3, -0.25) is 4.79 Å². The van der Waals surface area contributed by atoms with Gasteiger partial charge >= 0.3 is 6.18 Å². The number of nitrogens with zero attached hydrogens (tertiary/aromatic N) is 4. The number of pyridine rings is 1. The van der Waals surface area contributed by atoms with Crippen molar-refractivity contribution in [3.63, 3.8) is 0 Å². The molecule has 3 heterocycles. The maximum atomic E-state index is 13.2. The minimum absolute atomic E-state index is 0.0629. The fraction of sp³-hybridized carbons (Fsp3) is 0.500. The molecule has 0 unspecified atom stereocenters. The van der Waals surface area contributed by atoms with Gasteiger partial charge in [-0.1, -0.05) is 0 Å². The number of sulfonamides is 1. The summed E-state index contributed by atoms with van der Waals surface area (Å²) in [5.41, 5.74) is 0.111. The third-order valence-corrected chi connectivity index (χ3v) is 8.59. The van der Waals surface area contributed by atoms with Crippen LogP contribution in [0, 0.1) is 0 Å². The Hall–Kier alpha value is -2.86. The van der Waals surface area contributed by atoms with Crippen molar-refractivity contribution in [1.29, 1.82) is 0 Å². The molecule has 1 N–H and O–H groups in total. The van der Waals surface area contributed by atoms with Crippen molar-refractivity contribution in [2.24, 2.45) is 0 Å². The zero-order valence-electron chi connectivity index (χ0n) is 20.0. The van der Waals surface area contributed by atoms with Crippen LogP contribution >= 0.6 is 0 Å². The van der Waals surface area contributed by atoms with E-state index in [1.165, 1.54) is 10.4 Å². The number of hydrogen-bond donors (Lipinski definition) is 1. The molecule has 0 atom stereocenters. The van der Waals surface area contributed by atoms with Gasteiger partial charge < -0.3 is 15.1 Å². The number of carbonyl (C=O) groups excluding carboxylic acids is 1. The van der Waals surface area contributed by atoms with Gasteiger partial charge in [0.25, 0.3) is 0 Å². The fourth-order valence-corrected chi connectivity index (χ4v) is 6.03. The Morgan fingerprint density at radius 2 is 1.67 bits per heavy atom. The first-order valence-electron chi connectivity index (χ1n) is 11.9. The molecule has 36 heavy (non-hydrogen) atoms. The number of nitrogens with one attached hydrogen (secondary N) is 1. The molecule has 0 radical (unpaired) electrons. The van der Waals surface area contributed by atoms with Crippen LogP contribution in [0.25, 0.3) is 0 Å². The highest BCUT2D eigenvalue weighted by Gasteiger charge is 2.32. The summed E-state index contributed by atoms with van der Waals surface area (Å²) in [5, 5.41) is 3.10. The summed E-state index contributed by atoms with van der Waals surface area (Å²) >= 11 is 0. The van der Waals surface area contributed by atoms with Crippen LogP contribution in [0.4, 0.5) is 24.7 Å². The first-order chi connectivity index (χ1) is 17.0. The molecule has 0 saturated carbocycles. The first kappa shape index (κ1) is 26.2. The van der Waals surface area contributed by atoms with Crippen molar-refractivity contribution in [3.8, 4) is 0 Å². The van der Waals surface area contributed by atoms with E-state index in [1.807, 2.05) is 4.90 Å². The summed E-state index contributed by atoms with van der Waals surface area (Å²) in [5.74, 6) is 0.396. The lowest BCUT2D eigenvalue weighted by Gasteiger charge is -2.32. The van der Waals surface area contributed by atoms with Crippen molar-refractivity contribution in [2.45, 2.75) is 43.3 Å². The second-order valence-corrected chi connectivity index (χ2v) is 11.0. The molecule has 0 spiro atoms. The number of amides is 1. The van der Waals surface area contributed by atoms with Crippen molar-refractivity contribution in [2.75, 3.05) is 49.5 Å². The Kier molecular flexibility index (Phi) is 7.74. The van der Waals surface area contributed by atoms with Gasteiger partial charge in [-0.2, -0.15) is 17.5 Å². The molecule has 2 aliphatic heterocycles. The van der Waals surface area contributed by atoms with Crippen molar-refractivity contribution in [1.82, 2.24) is 14.2 Å². The van der Waals surface area contributed by atoms with Gasteiger partial charge in [-0.05, 0) is 55.7 Å². The summed E-state index contributed by atoms with van der Waals surface area (Å²) < 4.78 is 65.9. The molecule has 0 bridgehead atoms. The summed E-state index contributed by atoms with van der Waals surface area (Å²) in [4.78, 5) is 19.7. The number of rotatable bonds is 5. The molecule has 1 aromatic carbocycles. The van der Waals surface area contributed by atoms with E-state index >= 15 is 0 Å². The molecule has 1 aromatic heterocycles. The lowest BCUT2D eigenvalue weighted by molar-refractivity contribution is -0.137. The Balaban J connectivity index is 1.33. The molecular weight excluding hydrogens is 495 g/mol. The van der Waals surface area contributed by atoms with E-state index in [2.05, 4.69) is 15.2 Å². The van der Waals surface area contributed by atoms with E-state index in [0.29, 0.717) is 44.8 Å². The van der Waals surface area contributed by atoms with Crippen LogP contribution in [0.15, 0.2) is 47.5 Å². The Bertz CT molecular complexity index is 1150. The van der Waals surface area contributed by atoms with Gasteiger partial charge in [0.1, 0.15) is 5.82 Å². The largest absolute Gasteiger partial charge is 0.417 e. The first-order valence-corrected chi connectivity index (χ1v) is 13.4. The molecular formula is C24H30F3N5O3S. The van der Waals surface area contributed by atoms with Crippen LogP contribution in [0.2, 0.25) is 0 Å². The number of piperidine rings is 1. The minimum Gasteiger partial charge on any atom is -0.370 e. The molecule has 1 amide bonds. The maximum absolute atomic E-state index is 13.2. The van der Waals surface area contributed by atoms with Crippen molar-refractivity contribution >= 4 is 27.4 Å². The number of alkyl halides is 3. The van der Waals surface area contributed by atoms with Crippen LogP contribution in [-0.4, -0.2) is 73.8 Å². The highest BCUT2D eigenvalue weighted by Crippen LogP contribution is 2.29. The summed E-state index contributed by atoms with van der Waals surface area (Å²) in [6.45, 7) is 5.02. The zero-order chi connectivity index (χ0) is 25.9. The Morgan fingerprint density at radius 1 is 0.972 bits per heavy atom. The van der Waals surface area contributed by atoms with Gasteiger partial charge in [0.15, 0.2) is 0 Å². The molecule has 12 heteroatoms. The second-order valence-electron chi connectivity index (χ2n) is 9.09. The number of benzene rings is 1. The summed E-state index contributed by atoms with van der Waals surface area (Å²) in [6, 6.07) is 9.03. The van der Waals surface area contributed by atoms with E-state index < -0.39 is 21.8 Å². The molecule has 4 rings (SSSR count). The van der Waals surface area contributed by atoms with Crippen molar-refractivity contribution in [3.05, 3.63) is 48.2 Å².